The number of alkyl halides is 1. The monoisotopic (exact) mass is 496 g/mol. The maximum Gasteiger partial charge on any atom is 0.275 e. The first-order chi connectivity index (χ1) is 17.0. The molecule has 0 aliphatic heterocycles. The van der Waals surface area contributed by atoms with Gasteiger partial charge in [-0.25, -0.2) is 0 Å². The quantitative estimate of drug-likeness (QED) is 0.466. The smallest absolute Gasteiger partial charge is 0.275 e. The molecular weight excluding hydrogens is 472 g/mol. The van der Waals surface area contributed by atoms with E-state index in [0.717, 1.165) is 18.4 Å². The zero-order chi connectivity index (χ0) is 24.5. The second-order valence-electron chi connectivity index (χ2n) is 8.59. The summed E-state index contributed by atoms with van der Waals surface area (Å²) < 4.78 is 18.3. The van der Waals surface area contributed by atoms with Crippen molar-refractivity contribution in [1.82, 2.24) is 19.7 Å². The minimum absolute atomic E-state index is 0.0281. The van der Waals surface area contributed by atoms with Crippen molar-refractivity contribution in [3.63, 3.8) is 0 Å². The van der Waals surface area contributed by atoms with Crippen molar-refractivity contribution < 1.29 is 19.0 Å². The number of ether oxygens (including phenoxy) is 2. The molecule has 2 heterocycles. The lowest BCUT2D eigenvalue weighted by Crippen LogP contribution is -2.26. The van der Waals surface area contributed by atoms with E-state index in [4.69, 9.17) is 25.5 Å². The van der Waals surface area contributed by atoms with E-state index >= 15 is 0 Å². The van der Waals surface area contributed by atoms with Crippen LogP contribution in [-0.2, 0) is 12.8 Å². The van der Waals surface area contributed by atoms with Crippen LogP contribution >= 0.6 is 11.6 Å². The molecule has 10 heteroatoms. The number of aromatic hydroxyl groups is 1. The highest BCUT2D eigenvalue weighted by atomic mass is 35.5. The maximum absolute atomic E-state index is 13.9. The van der Waals surface area contributed by atoms with E-state index in [1.807, 2.05) is 18.2 Å². The van der Waals surface area contributed by atoms with Crippen LogP contribution in [0.1, 0.15) is 31.0 Å². The van der Waals surface area contributed by atoms with Crippen LogP contribution in [0, 0.1) is 5.92 Å². The molecule has 35 heavy (non-hydrogen) atoms. The van der Waals surface area contributed by atoms with Gasteiger partial charge in [-0.05, 0) is 42.9 Å². The lowest BCUT2D eigenvalue weighted by Gasteiger charge is -2.18. The summed E-state index contributed by atoms with van der Waals surface area (Å²) in [7, 11) is 3.04. The Labute approximate surface area is 206 Å². The van der Waals surface area contributed by atoms with E-state index in [2.05, 4.69) is 15.2 Å². The Balaban J connectivity index is 1.61. The summed E-state index contributed by atoms with van der Waals surface area (Å²) >= 11 is 6.09. The minimum Gasteiger partial charge on any atom is -0.494 e. The molecule has 3 aromatic rings. The number of halogens is 1. The number of para-hydroxylation sites is 1. The fraction of sp³-hybridized carbons (Fsp3) is 0.360. The van der Waals surface area contributed by atoms with Gasteiger partial charge in [-0.2, -0.15) is 4.98 Å². The molecule has 5 rings (SSSR count). The molecule has 2 aromatic heterocycles. The van der Waals surface area contributed by atoms with Crippen molar-refractivity contribution in [1.29, 1.82) is 0 Å². The molecule has 1 unspecified atom stereocenters. The van der Waals surface area contributed by atoms with Crippen LogP contribution in [0.5, 0.6) is 17.4 Å². The highest BCUT2D eigenvalue weighted by Crippen LogP contribution is 2.37. The van der Waals surface area contributed by atoms with Crippen LogP contribution in [0.3, 0.4) is 0 Å². The summed E-state index contributed by atoms with van der Waals surface area (Å²) in [5.41, 5.74) is 0.660. The van der Waals surface area contributed by atoms with Crippen LogP contribution < -0.4 is 15.0 Å². The van der Waals surface area contributed by atoms with Gasteiger partial charge >= 0.3 is 0 Å². The molecule has 1 aromatic carbocycles. The number of methoxy groups -OCH3 is 2. The van der Waals surface area contributed by atoms with Gasteiger partial charge in [0.25, 0.3) is 11.4 Å². The van der Waals surface area contributed by atoms with Gasteiger partial charge in [-0.1, -0.05) is 24.3 Å². The topological polar surface area (TPSA) is 112 Å². The minimum atomic E-state index is -0.548. The predicted molar refractivity (Wildman–Crippen MR) is 130 cm³/mol. The van der Waals surface area contributed by atoms with Crippen LogP contribution in [0.25, 0.3) is 17.1 Å². The second-order valence-corrected chi connectivity index (χ2v) is 9.15. The van der Waals surface area contributed by atoms with Gasteiger partial charge < -0.3 is 19.0 Å². The molecule has 1 atom stereocenters. The predicted octanol–water partition coefficient (Wildman–Crippen LogP) is 3.99. The average molecular weight is 497 g/mol. The Morgan fingerprint density at radius 1 is 1.20 bits per heavy atom. The number of rotatable bonds is 8. The summed E-state index contributed by atoms with van der Waals surface area (Å²) in [4.78, 5) is 18.3. The fourth-order valence-corrected chi connectivity index (χ4v) is 4.27. The van der Waals surface area contributed by atoms with Crippen molar-refractivity contribution in [2.45, 2.75) is 37.5 Å². The van der Waals surface area contributed by atoms with E-state index in [9.17, 15) is 9.90 Å². The summed E-state index contributed by atoms with van der Waals surface area (Å²) in [6.45, 7) is 0. The van der Waals surface area contributed by atoms with E-state index < -0.39 is 11.4 Å². The van der Waals surface area contributed by atoms with Crippen LogP contribution in [0.15, 0.2) is 51.2 Å². The first-order valence-corrected chi connectivity index (χ1v) is 11.8. The van der Waals surface area contributed by atoms with Gasteiger partial charge in [-0.3, -0.25) is 9.36 Å². The van der Waals surface area contributed by atoms with Gasteiger partial charge in [0.15, 0.2) is 5.56 Å². The molecule has 1 saturated carbocycles. The summed E-state index contributed by atoms with van der Waals surface area (Å²) in [5.74, 6) is 1.43. The lowest BCUT2D eigenvalue weighted by atomic mass is 10.0. The van der Waals surface area contributed by atoms with Crippen LogP contribution in [-0.4, -0.2) is 44.5 Å². The molecule has 0 saturated heterocycles. The Morgan fingerprint density at radius 2 is 1.94 bits per heavy atom. The van der Waals surface area contributed by atoms with E-state index in [1.165, 1.54) is 18.8 Å². The summed E-state index contributed by atoms with van der Waals surface area (Å²) in [6, 6.07) is 5.24. The van der Waals surface area contributed by atoms with Crippen molar-refractivity contribution >= 4 is 11.6 Å². The van der Waals surface area contributed by atoms with Crippen molar-refractivity contribution in [3.8, 4) is 34.5 Å². The normalized spacial score (nSPS) is 17.3. The molecule has 2 aliphatic rings. The van der Waals surface area contributed by atoms with Gasteiger partial charge in [0.05, 0.1) is 26.0 Å². The molecular formula is C25H25ClN4O5. The van der Waals surface area contributed by atoms with Gasteiger partial charge in [0, 0.05) is 6.42 Å². The lowest BCUT2D eigenvalue weighted by molar-refractivity contribution is 0.388. The van der Waals surface area contributed by atoms with E-state index in [0.29, 0.717) is 54.1 Å². The first-order valence-electron chi connectivity index (χ1n) is 11.4. The zero-order valence-corrected chi connectivity index (χ0v) is 20.2. The van der Waals surface area contributed by atoms with Crippen LogP contribution in [0.2, 0.25) is 0 Å². The number of hydrogen-bond acceptors (Lipinski definition) is 8. The first kappa shape index (κ1) is 23.2. The number of allylic oxidation sites excluding steroid dienone is 4. The highest BCUT2D eigenvalue weighted by Gasteiger charge is 2.30. The number of aromatic nitrogens is 4. The van der Waals surface area contributed by atoms with E-state index in [-0.39, 0.29) is 16.8 Å². The van der Waals surface area contributed by atoms with Gasteiger partial charge in [-0.15, -0.1) is 21.8 Å². The van der Waals surface area contributed by atoms with Crippen molar-refractivity contribution in [2.75, 3.05) is 14.2 Å². The zero-order valence-electron chi connectivity index (χ0n) is 19.4. The third-order valence-corrected chi connectivity index (χ3v) is 6.41. The Bertz CT molecular complexity index is 1350. The Morgan fingerprint density at radius 3 is 2.57 bits per heavy atom. The number of hydrogen-bond donors (Lipinski definition) is 1. The molecule has 2 aliphatic carbocycles. The molecule has 1 N–H and O–H groups in total. The second kappa shape index (κ2) is 9.58. The third kappa shape index (κ3) is 4.68. The Kier molecular flexibility index (Phi) is 6.34. The average Bonchev–Trinajstić information content (AvgIpc) is 3.56. The number of benzene rings is 1. The maximum atomic E-state index is 13.9. The van der Waals surface area contributed by atoms with Crippen LogP contribution in [0.4, 0.5) is 0 Å². The molecule has 9 nitrogen and oxygen atoms in total. The van der Waals surface area contributed by atoms with Gasteiger partial charge in [0.1, 0.15) is 23.0 Å². The summed E-state index contributed by atoms with van der Waals surface area (Å²) in [5, 5.41) is 18.9. The Hall–Kier alpha value is -3.59. The highest BCUT2D eigenvalue weighted by molar-refractivity contribution is 6.22. The van der Waals surface area contributed by atoms with E-state index in [1.54, 1.807) is 18.2 Å². The number of nitrogens with zero attached hydrogens (tertiary/aromatic N) is 4. The molecule has 0 radical (unpaired) electrons. The van der Waals surface area contributed by atoms with Gasteiger partial charge in [0.2, 0.25) is 11.8 Å². The fourth-order valence-electron chi connectivity index (χ4n) is 4.11. The molecule has 0 spiro atoms. The SMILES string of the molecule is COc1cccc(OC)c1-n1c(CC2CC2)nc(O)c(-c2nnc(CC3=CCC(Cl)C=C3)o2)c1=O. The third-order valence-electron chi connectivity index (χ3n) is 6.09. The molecule has 0 bridgehead atoms. The van der Waals surface area contributed by atoms with Crippen molar-refractivity contribution in [2.24, 2.45) is 5.92 Å². The largest absolute Gasteiger partial charge is 0.494 e. The standard InChI is InChI=1S/C25H25ClN4O5/c1-33-17-4-3-5-18(34-2)22(17)30-19(12-14-6-7-14)27-23(31)21(25(30)32)24-29-28-20(35-24)13-15-8-10-16(26)11-9-15/h3-5,8-10,14,16,31H,6-7,11-13H2,1-2H3. The van der Waals surface area contributed by atoms with Crippen molar-refractivity contribution in [3.05, 3.63) is 64.1 Å². The molecule has 1 fully saturated rings. The molecule has 182 valence electrons. The molecule has 0 amide bonds. The summed E-state index contributed by atoms with van der Waals surface area (Å²) in [6.07, 6.45) is 9.55.